The van der Waals surface area contributed by atoms with Gasteiger partial charge in [-0.2, -0.15) is 0 Å². The molecule has 0 radical (unpaired) electrons. The first kappa shape index (κ1) is 16.2. The molecule has 24 heavy (non-hydrogen) atoms. The SMILES string of the molecule is O=C(CN1C[C@@H](c2ccccc2)CC1=O)OCc1ccccc1F. The molecule has 2 aromatic rings. The van der Waals surface area contributed by atoms with Gasteiger partial charge in [0.2, 0.25) is 5.91 Å². The van der Waals surface area contributed by atoms with Gasteiger partial charge in [-0.05, 0) is 11.6 Å². The van der Waals surface area contributed by atoms with Crippen LogP contribution in [0.15, 0.2) is 54.6 Å². The standard InChI is InChI=1S/C19H18FNO3/c20-17-9-5-4-8-15(17)13-24-19(23)12-21-11-16(10-18(21)22)14-6-2-1-3-7-14/h1-9,16H,10-13H2/t16-/m0/s1. The maximum absolute atomic E-state index is 13.5. The molecule has 5 heteroatoms. The van der Waals surface area contributed by atoms with Crippen LogP contribution in [-0.2, 0) is 20.9 Å². The van der Waals surface area contributed by atoms with E-state index >= 15 is 0 Å². The Morgan fingerprint density at radius 1 is 1.12 bits per heavy atom. The summed E-state index contributed by atoms with van der Waals surface area (Å²) in [7, 11) is 0. The number of ether oxygens (including phenoxy) is 1. The summed E-state index contributed by atoms with van der Waals surface area (Å²) in [5, 5.41) is 0. The molecule has 2 aromatic carbocycles. The van der Waals surface area contributed by atoms with Crippen molar-refractivity contribution in [1.82, 2.24) is 4.90 Å². The summed E-state index contributed by atoms with van der Waals surface area (Å²) in [4.78, 5) is 25.5. The van der Waals surface area contributed by atoms with Gasteiger partial charge in [0.25, 0.3) is 0 Å². The Morgan fingerprint density at radius 2 is 1.83 bits per heavy atom. The van der Waals surface area contributed by atoms with Crippen molar-refractivity contribution in [2.75, 3.05) is 13.1 Å². The lowest BCUT2D eigenvalue weighted by Crippen LogP contribution is -2.32. The number of benzene rings is 2. The third-order valence-corrected chi connectivity index (χ3v) is 4.15. The van der Waals surface area contributed by atoms with E-state index in [1.165, 1.54) is 11.0 Å². The van der Waals surface area contributed by atoms with E-state index < -0.39 is 11.8 Å². The average Bonchev–Trinajstić information content (AvgIpc) is 2.96. The van der Waals surface area contributed by atoms with Gasteiger partial charge >= 0.3 is 5.97 Å². The van der Waals surface area contributed by atoms with Crippen molar-refractivity contribution in [3.63, 3.8) is 0 Å². The number of nitrogens with zero attached hydrogens (tertiary/aromatic N) is 1. The lowest BCUT2D eigenvalue weighted by atomic mass is 9.99. The largest absolute Gasteiger partial charge is 0.459 e. The number of carbonyl (C=O) groups excluding carboxylic acids is 2. The van der Waals surface area contributed by atoms with Crippen molar-refractivity contribution in [2.45, 2.75) is 18.9 Å². The van der Waals surface area contributed by atoms with E-state index in [1.807, 2.05) is 30.3 Å². The van der Waals surface area contributed by atoms with Crippen LogP contribution in [0.25, 0.3) is 0 Å². The fourth-order valence-corrected chi connectivity index (χ4v) is 2.85. The summed E-state index contributed by atoms with van der Waals surface area (Å²) < 4.78 is 18.6. The number of amides is 1. The fourth-order valence-electron chi connectivity index (χ4n) is 2.85. The normalized spacial score (nSPS) is 17.1. The highest BCUT2D eigenvalue weighted by molar-refractivity contribution is 5.84. The molecule has 1 atom stereocenters. The molecule has 124 valence electrons. The van der Waals surface area contributed by atoms with Crippen molar-refractivity contribution < 1.29 is 18.7 Å². The Bertz CT molecular complexity index is 732. The Labute approximate surface area is 139 Å². The molecule has 1 saturated heterocycles. The molecule has 0 bridgehead atoms. The second-order valence-corrected chi connectivity index (χ2v) is 5.84. The van der Waals surface area contributed by atoms with Crippen molar-refractivity contribution in [1.29, 1.82) is 0 Å². The third-order valence-electron chi connectivity index (χ3n) is 4.15. The molecular weight excluding hydrogens is 309 g/mol. The maximum atomic E-state index is 13.5. The van der Waals surface area contributed by atoms with Gasteiger partial charge in [0.1, 0.15) is 19.0 Å². The van der Waals surface area contributed by atoms with E-state index in [1.54, 1.807) is 18.2 Å². The van der Waals surface area contributed by atoms with E-state index in [9.17, 15) is 14.0 Å². The van der Waals surface area contributed by atoms with Crippen LogP contribution < -0.4 is 0 Å². The van der Waals surface area contributed by atoms with Crippen molar-refractivity contribution >= 4 is 11.9 Å². The number of carbonyl (C=O) groups is 2. The Balaban J connectivity index is 1.53. The first-order valence-corrected chi connectivity index (χ1v) is 7.85. The van der Waals surface area contributed by atoms with Crippen LogP contribution in [-0.4, -0.2) is 29.9 Å². The number of rotatable bonds is 5. The summed E-state index contributed by atoms with van der Waals surface area (Å²) >= 11 is 0. The first-order chi connectivity index (χ1) is 11.6. The van der Waals surface area contributed by atoms with E-state index in [0.717, 1.165) is 5.56 Å². The highest BCUT2D eigenvalue weighted by Crippen LogP contribution is 2.27. The van der Waals surface area contributed by atoms with Crippen LogP contribution in [0.1, 0.15) is 23.5 Å². The Kier molecular flexibility index (Phi) is 4.89. The molecule has 0 unspecified atom stereocenters. The molecule has 1 aliphatic rings. The highest BCUT2D eigenvalue weighted by Gasteiger charge is 2.31. The summed E-state index contributed by atoms with van der Waals surface area (Å²) in [5.74, 6) is -0.906. The number of halogens is 1. The molecule has 0 saturated carbocycles. The molecular formula is C19H18FNO3. The number of esters is 1. The Hall–Kier alpha value is -2.69. The third kappa shape index (κ3) is 3.79. The molecule has 0 N–H and O–H groups in total. The second-order valence-electron chi connectivity index (χ2n) is 5.84. The van der Waals surface area contributed by atoms with Crippen LogP contribution >= 0.6 is 0 Å². The predicted octanol–water partition coefficient (Wildman–Crippen LogP) is 2.89. The Morgan fingerprint density at radius 3 is 2.58 bits per heavy atom. The quantitative estimate of drug-likeness (QED) is 0.793. The zero-order valence-electron chi connectivity index (χ0n) is 13.2. The van der Waals surface area contributed by atoms with Crippen LogP contribution in [0.5, 0.6) is 0 Å². The van der Waals surface area contributed by atoms with Crippen molar-refractivity contribution in [3.8, 4) is 0 Å². The van der Waals surface area contributed by atoms with Gasteiger partial charge in [-0.25, -0.2) is 4.39 Å². The minimum Gasteiger partial charge on any atom is -0.459 e. The summed E-state index contributed by atoms with van der Waals surface area (Å²) in [6, 6.07) is 15.9. The van der Waals surface area contributed by atoms with Crippen LogP contribution in [0.4, 0.5) is 4.39 Å². The molecule has 4 nitrogen and oxygen atoms in total. The molecule has 1 heterocycles. The van der Waals surface area contributed by atoms with Crippen molar-refractivity contribution in [3.05, 3.63) is 71.5 Å². The fraction of sp³-hybridized carbons (Fsp3) is 0.263. The smallest absolute Gasteiger partial charge is 0.325 e. The average molecular weight is 327 g/mol. The highest BCUT2D eigenvalue weighted by atomic mass is 19.1. The summed E-state index contributed by atoms with van der Waals surface area (Å²) in [5.41, 5.74) is 1.41. The van der Waals surface area contributed by atoms with Gasteiger partial charge in [-0.3, -0.25) is 9.59 Å². The van der Waals surface area contributed by atoms with E-state index in [4.69, 9.17) is 4.74 Å². The van der Waals surface area contributed by atoms with Gasteiger partial charge < -0.3 is 9.64 Å². The van der Waals surface area contributed by atoms with Gasteiger partial charge in [0, 0.05) is 24.4 Å². The van der Waals surface area contributed by atoms with E-state index in [2.05, 4.69) is 0 Å². The van der Waals surface area contributed by atoms with Gasteiger partial charge in [0.15, 0.2) is 0 Å². The number of hydrogen-bond donors (Lipinski definition) is 0. The molecule has 3 rings (SSSR count). The van der Waals surface area contributed by atoms with E-state index in [-0.39, 0.29) is 25.0 Å². The predicted molar refractivity (Wildman–Crippen MR) is 86.6 cm³/mol. The second kappa shape index (κ2) is 7.25. The molecule has 1 fully saturated rings. The maximum Gasteiger partial charge on any atom is 0.325 e. The molecule has 0 spiro atoms. The number of hydrogen-bond acceptors (Lipinski definition) is 3. The lowest BCUT2D eigenvalue weighted by molar-refractivity contribution is -0.149. The summed E-state index contributed by atoms with van der Waals surface area (Å²) in [6.07, 6.45) is 0.393. The topological polar surface area (TPSA) is 46.6 Å². The molecule has 0 aliphatic carbocycles. The first-order valence-electron chi connectivity index (χ1n) is 7.85. The molecule has 1 aliphatic heterocycles. The minimum absolute atomic E-state index is 0.0632. The molecule has 0 aromatic heterocycles. The zero-order chi connectivity index (χ0) is 16.9. The number of likely N-dealkylation sites (tertiary alicyclic amines) is 1. The van der Waals surface area contributed by atoms with Crippen molar-refractivity contribution in [2.24, 2.45) is 0 Å². The van der Waals surface area contributed by atoms with Gasteiger partial charge in [-0.1, -0.05) is 48.5 Å². The monoisotopic (exact) mass is 327 g/mol. The summed E-state index contributed by atoms with van der Waals surface area (Å²) in [6.45, 7) is 0.268. The van der Waals surface area contributed by atoms with Gasteiger partial charge in [-0.15, -0.1) is 0 Å². The van der Waals surface area contributed by atoms with Crippen LogP contribution in [0.3, 0.4) is 0 Å². The van der Waals surface area contributed by atoms with Crippen LogP contribution in [0.2, 0.25) is 0 Å². The lowest BCUT2D eigenvalue weighted by Gasteiger charge is -2.16. The molecule has 1 amide bonds. The van der Waals surface area contributed by atoms with Gasteiger partial charge in [0.05, 0.1) is 0 Å². The zero-order valence-corrected chi connectivity index (χ0v) is 13.2. The minimum atomic E-state index is -0.527. The van der Waals surface area contributed by atoms with Crippen LogP contribution in [0, 0.1) is 5.82 Å². The van der Waals surface area contributed by atoms with E-state index in [0.29, 0.717) is 18.5 Å².